The zero-order chi connectivity index (χ0) is 13.2. The van der Waals surface area contributed by atoms with Crippen molar-refractivity contribution in [1.29, 1.82) is 5.41 Å². The van der Waals surface area contributed by atoms with Crippen LogP contribution in [0.1, 0.15) is 26.3 Å². The second-order valence-corrected chi connectivity index (χ2v) is 4.85. The fourth-order valence-electron chi connectivity index (χ4n) is 1.78. The number of nitrogen functional groups attached to an aromatic ring is 1. The van der Waals surface area contributed by atoms with Gasteiger partial charge in [-0.1, -0.05) is 0 Å². The number of nitrogens with two attached hydrogens (primary N) is 1. The van der Waals surface area contributed by atoms with Crippen molar-refractivity contribution in [2.24, 2.45) is 5.73 Å². The summed E-state index contributed by atoms with van der Waals surface area (Å²) in [7, 11) is 0. The Bertz CT molecular complexity index is 432. The third-order valence-electron chi connectivity index (χ3n) is 2.63. The smallest absolute Gasteiger partial charge is 0.161 e. The van der Waals surface area contributed by atoms with Gasteiger partial charge in [0.2, 0.25) is 0 Å². The molecule has 0 aromatic heterocycles. The minimum atomic E-state index is -0.367. The third kappa shape index (κ3) is 2.77. The van der Waals surface area contributed by atoms with Crippen LogP contribution in [0.5, 0.6) is 0 Å². The minimum Gasteiger partial charge on any atom is -0.384 e. The molecule has 17 heavy (non-hydrogen) atoms. The Kier molecular flexibility index (Phi) is 4.51. The van der Waals surface area contributed by atoms with Crippen LogP contribution in [0.4, 0.5) is 10.1 Å². The first-order valence-electron chi connectivity index (χ1n) is 5.49. The van der Waals surface area contributed by atoms with Crippen molar-refractivity contribution in [2.75, 3.05) is 11.4 Å². The molecule has 0 aliphatic heterocycles. The first kappa shape index (κ1) is 14.0. The SMILES string of the molecule is CCN(c1ccc(C(=N)N)c(Br)c1F)C(C)C. The molecular formula is C12H17BrFN3. The van der Waals surface area contributed by atoms with E-state index in [1.807, 2.05) is 25.7 Å². The van der Waals surface area contributed by atoms with Gasteiger partial charge in [-0.15, -0.1) is 0 Å². The highest BCUT2D eigenvalue weighted by Gasteiger charge is 2.18. The lowest BCUT2D eigenvalue weighted by atomic mass is 10.1. The van der Waals surface area contributed by atoms with Crippen molar-refractivity contribution in [1.82, 2.24) is 0 Å². The van der Waals surface area contributed by atoms with Crippen molar-refractivity contribution < 1.29 is 4.39 Å². The topological polar surface area (TPSA) is 53.1 Å². The molecule has 1 rings (SSSR count). The average molecular weight is 302 g/mol. The molecule has 0 aliphatic carbocycles. The summed E-state index contributed by atoms with van der Waals surface area (Å²) in [4.78, 5) is 1.95. The number of halogens is 2. The van der Waals surface area contributed by atoms with Crippen molar-refractivity contribution in [3.63, 3.8) is 0 Å². The highest BCUT2D eigenvalue weighted by Crippen LogP contribution is 2.30. The van der Waals surface area contributed by atoms with E-state index in [0.29, 0.717) is 11.3 Å². The van der Waals surface area contributed by atoms with E-state index in [0.717, 1.165) is 6.54 Å². The first-order chi connectivity index (χ1) is 7.90. The van der Waals surface area contributed by atoms with Crippen LogP contribution in [0.3, 0.4) is 0 Å². The van der Waals surface area contributed by atoms with Crippen LogP contribution in [0.25, 0.3) is 0 Å². The number of benzene rings is 1. The summed E-state index contributed by atoms with van der Waals surface area (Å²) >= 11 is 3.16. The van der Waals surface area contributed by atoms with Crippen molar-refractivity contribution in [3.05, 3.63) is 28.0 Å². The van der Waals surface area contributed by atoms with Gasteiger partial charge in [0.05, 0.1) is 10.2 Å². The molecule has 3 nitrogen and oxygen atoms in total. The number of hydrogen-bond acceptors (Lipinski definition) is 2. The Morgan fingerprint density at radius 3 is 2.53 bits per heavy atom. The maximum Gasteiger partial charge on any atom is 0.161 e. The van der Waals surface area contributed by atoms with E-state index < -0.39 is 0 Å². The molecule has 1 aromatic rings. The number of hydrogen-bond donors (Lipinski definition) is 2. The van der Waals surface area contributed by atoms with E-state index in [4.69, 9.17) is 11.1 Å². The van der Waals surface area contributed by atoms with Crippen molar-refractivity contribution >= 4 is 27.5 Å². The van der Waals surface area contributed by atoms with Crippen LogP contribution in [-0.4, -0.2) is 18.4 Å². The number of rotatable bonds is 4. The number of anilines is 1. The van der Waals surface area contributed by atoms with Gasteiger partial charge in [-0.2, -0.15) is 0 Å². The Morgan fingerprint density at radius 1 is 1.53 bits per heavy atom. The molecule has 0 radical (unpaired) electrons. The standard InChI is InChI=1S/C12H17BrFN3/c1-4-17(7(2)3)9-6-5-8(12(15)16)10(13)11(9)14/h5-7H,4H2,1-3H3,(H3,15,16). The molecule has 5 heteroatoms. The second-order valence-electron chi connectivity index (χ2n) is 4.05. The molecule has 0 aliphatic rings. The van der Waals surface area contributed by atoms with Gasteiger partial charge >= 0.3 is 0 Å². The van der Waals surface area contributed by atoms with Gasteiger partial charge in [0.15, 0.2) is 5.82 Å². The van der Waals surface area contributed by atoms with E-state index in [2.05, 4.69) is 15.9 Å². The van der Waals surface area contributed by atoms with Gasteiger partial charge in [0, 0.05) is 18.2 Å². The first-order valence-corrected chi connectivity index (χ1v) is 6.28. The zero-order valence-electron chi connectivity index (χ0n) is 10.2. The summed E-state index contributed by atoms with van der Waals surface area (Å²) in [5.41, 5.74) is 6.28. The van der Waals surface area contributed by atoms with E-state index in [9.17, 15) is 4.39 Å². The van der Waals surface area contributed by atoms with Crippen molar-refractivity contribution in [2.45, 2.75) is 26.8 Å². The molecule has 0 spiro atoms. The van der Waals surface area contributed by atoms with Crippen LogP contribution in [0, 0.1) is 11.2 Å². The molecule has 0 atom stereocenters. The molecule has 3 N–H and O–H groups in total. The number of amidine groups is 1. The van der Waals surface area contributed by atoms with E-state index in [1.54, 1.807) is 12.1 Å². The number of nitrogens with one attached hydrogen (secondary N) is 1. The third-order valence-corrected chi connectivity index (χ3v) is 3.40. The summed E-state index contributed by atoms with van der Waals surface area (Å²) < 4.78 is 14.4. The van der Waals surface area contributed by atoms with Gasteiger partial charge < -0.3 is 10.6 Å². The minimum absolute atomic E-state index is 0.144. The second kappa shape index (κ2) is 5.49. The van der Waals surface area contributed by atoms with E-state index in [1.165, 1.54) is 0 Å². The average Bonchev–Trinajstić information content (AvgIpc) is 2.24. The maximum atomic E-state index is 14.2. The largest absolute Gasteiger partial charge is 0.384 e. The van der Waals surface area contributed by atoms with Gasteiger partial charge in [0.25, 0.3) is 0 Å². The van der Waals surface area contributed by atoms with Gasteiger partial charge in [-0.3, -0.25) is 5.41 Å². The van der Waals surface area contributed by atoms with Crippen LogP contribution in [-0.2, 0) is 0 Å². The lowest BCUT2D eigenvalue weighted by molar-refractivity contribution is 0.598. The molecule has 0 saturated carbocycles. The lowest BCUT2D eigenvalue weighted by Gasteiger charge is -2.28. The Morgan fingerprint density at radius 2 is 2.12 bits per heavy atom. The van der Waals surface area contributed by atoms with Gasteiger partial charge in [-0.05, 0) is 48.8 Å². The summed E-state index contributed by atoms with van der Waals surface area (Å²) in [5, 5.41) is 7.35. The molecule has 0 fully saturated rings. The van der Waals surface area contributed by atoms with E-state index in [-0.39, 0.29) is 22.2 Å². The fourth-order valence-corrected chi connectivity index (χ4v) is 2.33. The van der Waals surface area contributed by atoms with Gasteiger partial charge in [-0.25, -0.2) is 4.39 Å². The predicted octanol–water partition coefficient (Wildman–Crippen LogP) is 3.11. The summed E-state index contributed by atoms with van der Waals surface area (Å²) in [6, 6.07) is 3.54. The lowest BCUT2D eigenvalue weighted by Crippen LogP contribution is -2.31. The molecule has 0 unspecified atom stereocenters. The Labute approximate surface area is 109 Å². The van der Waals surface area contributed by atoms with Crippen LogP contribution >= 0.6 is 15.9 Å². The maximum absolute atomic E-state index is 14.2. The normalized spacial score (nSPS) is 10.7. The molecule has 94 valence electrons. The van der Waals surface area contributed by atoms with Crippen LogP contribution in [0.15, 0.2) is 16.6 Å². The molecular weight excluding hydrogens is 285 g/mol. The highest BCUT2D eigenvalue weighted by atomic mass is 79.9. The Balaban J connectivity index is 3.29. The van der Waals surface area contributed by atoms with Crippen LogP contribution < -0.4 is 10.6 Å². The quantitative estimate of drug-likeness (QED) is 0.663. The molecule has 0 amide bonds. The van der Waals surface area contributed by atoms with Crippen molar-refractivity contribution in [3.8, 4) is 0 Å². The predicted molar refractivity (Wildman–Crippen MR) is 73.3 cm³/mol. The summed E-state index contributed by atoms with van der Waals surface area (Å²) in [5.74, 6) is -0.511. The molecule has 0 saturated heterocycles. The molecule has 0 heterocycles. The summed E-state index contributed by atoms with van der Waals surface area (Å²) in [6.07, 6.45) is 0. The molecule has 1 aromatic carbocycles. The fraction of sp³-hybridized carbons (Fsp3) is 0.417. The summed E-state index contributed by atoms with van der Waals surface area (Å²) in [6.45, 7) is 6.72. The molecule has 0 bridgehead atoms. The van der Waals surface area contributed by atoms with Crippen LogP contribution in [0.2, 0.25) is 0 Å². The number of nitrogens with zero attached hydrogens (tertiary/aromatic N) is 1. The van der Waals surface area contributed by atoms with E-state index >= 15 is 0 Å². The van der Waals surface area contributed by atoms with Gasteiger partial charge in [0.1, 0.15) is 5.84 Å². The zero-order valence-corrected chi connectivity index (χ0v) is 11.8. The Hall–Kier alpha value is -1.10. The monoisotopic (exact) mass is 301 g/mol. The highest BCUT2D eigenvalue weighted by molar-refractivity contribution is 9.10.